The molecule has 4 rings (SSSR count). The maximum atomic E-state index is 13.6. The van der Waals surface area contributed by atoms with Crippen molar-refractivity contribution in [1.29, 1.82) is 0 Å². The van der Waals surface area contributed by atoms with Crippen LogP contribution in [0.25, 0.3) is 0 Å². The minimum atomic E-state index is -3.99. The van der Waals surface area contributed by atoms with Crippen LogP contribution in [-0.4, -0.2) is 38.9 Å². The van der Waals surface area contributed by atoms with Crippen LogP contribution in [0.15, 0.2) is 71.6 Å². The lowest BCUT2D eigenvalue weighted by Crippen LogP contribution is -2.40. The number of nitrogens with zero attached hydrogens (tertiary/aromatic N) is 2. The summed E-state index contributed by atoms with van der Waals surface area (Å²) in [6.07, 6.45) is 2.48. The highest BCUT2D eigenvalue weighted by Gasteiger charge is 2.27. The van der Waals surface area contributed by atoms with Gasteiger partial charge in [-0.2, -0.15) is 0 Å². The Labute approximate surface area is 218 Å². The molecule has 0 aliphatic carbocycles. The van der Waals surface area contributed by atoms with E-state index in [0.29, 0.717) is 17.3 Å². The fourth-order valence-electron chi connectivity index (χ4n) is 4.35. The van der Waals surface area contributed by atoms with E-state index in [1.165, 1.54) is 42.7 Å². The van der Waals surface area contributed by atoms with Crippen molar-refractivity contribution in [2.45, 2.75) is 44.7 Å². The predicted octanol–water partition coefficient (Wildman–Crippen LogP) is 5.06. The smallest absolute Gasteiger partial charge is 0.264 e. The molecule has 0 unspecified atom stereocenters. The summed E-state index contributed by atoms with van der Waals surface area (Å²) in [5.41, 5.74) is 4.62. The Morgan fingerprint density at radius 2 is 1.64 bits per heavy atom. The van der Waals surface area contributed by atoms with E-state index >= 15 is 0 Å². The highest BCUT2D eigenvalue weighted by Crippen LogP contribution is 2.26. The summed E-state index contributed by atoms with van der Waals surface area (Å²) in [7, 11) is -3.99. The Balaban J connectivity index is 1.50. The zero-order valence-electron chi connectivity index (χ0n) is 20.7. The lowest BCUT2D eigenvalue weighted by Gasteiger charge is -2.25. The molecule has 0 aromatic heterocycles. The molecule has 190 valence electrons. The molecule has 8 heteroatoms. The standard InChI is InChI=1S/C28H32ClN3O3S/c1-21-8-11-26(16-22(21)2)32(36(34,35)27-12-9-25(29)10-13-27)20-28(33)30-18-23-6-5-7-24(17-23)19-31-14-3-4-15-31/h5-13,16-17H,3-4,14-15,18-20H2,1-2H3,(H,30,33). The Hall–Kier alpha value is -2.87. The third-order valence-electron chi connectivity index (χ3n) is 6.55. The van der Waals surface area contributed by atoms with Crippen molar-refractivity contribution >= 4 is 33.2 Å². The Kier molecular flexibility index (Phi) is 8.34. The van der Waals surface area contributed by atoms with E-state index < -0.39 is 10.0 Å². The molecular formula is C28H32ClN3O3S. The SMILES string of the molecule is Cc1ccc(N(CC(=O)NCc2cccc(CN3CCCC3)c2)S(=O)(=O)c2ccc(Cl)cc2)cc1C. The number of hydrogen-bond donors (Lipinski definition) is 1. The number of anilines is 1. The van der Waals surface area contributed by atoms with E-state index in [9.17, 15) is 13.2 Å². The Bertz CT molecular complexity index is 1320. The van der Waals surface area contributed by atoms with Crippen LogP contribution in [-0.2, 0) is 27.9 Å². The molecule has 3 aromatic carbocycles. The fraction of sp³-hybridized carbons (Fsp3) is 0.321. The van der Waals surface area contributed by atoms with Crippen molar-refractivity contribution in [2.75, 3.05) is 23.9 Å². The van der Waals surface area contributed by atoms with Gasteiger partial charge in [0, 0.05) is 18.1 Å². The van der Waals surface area contributed by atoms with Crippen molar-refractivity contribution in [1.82, 2.24) is 10.2 Å². The first-order valence-corrected chi connectivity index (χ1v) is 14.0. The number of hydrogen-bond acceptors (Lipinski definition) is 4. The minimum absolute atomic E-state index is 0.0764. The van der Waals surface area contributed by atoms with Crippen molar-refractivity contribution in [3.8, 4) is 0 Å². The van der Waals surface area contributed by atoms with Gasteiger partial charge in [-0.05, 0) is 98.4 Å². The molecular weight excluding hydrogens is 494 g/mol. The molecule has 3 aromatic rings. The van der Waals surface area contributed by atoms with Gasteiger partial charge in [0.2, 0.25) is 5.91 Å². The second-order valence-electron chi connectivity index (χ2n) is 9.31. The summed E-state index contributed by atoms with van der Waals surface area (Å²) < 4.78 is 28.3. The average Bonchev–Trinajstić information content (AvgIpc) is 3.36. The third-order valence-corrected chi connectivity index (χ3v) is 8.59. The molecule has 36 heavy (non-hydrogen) atoms. The first-order chi connectivity index (χ1) is 17.2. The van der Waals surface area contributed by atoms with E-state index in [1.54, 1.807) is 12.1 Å². The van der Waals surface area contributed by atoms with Crippen LogP contribution in [0.3, 0.4) is 0 Å². The molecule has 1 aliphatic rings. The van der Waals surface area contributed by atoms with Gasteiger partial charge in [0.25, 0.3) is 10.0 Å². The van der Waals surface area contributed by atoms with Crippen LogP contribution in [0.2, 0.25) is 5.02 Å². The molecule has 1 aliphatic heterocycles. The van der Waals surface area contributed by atoms with E-state index in [0.717, 1.165) is 40.6 Å². The third kappa shape index (κ3) is 6.46. The van der Waals surface area contributed by atoms with Gasteiger partial charge in [0.1, 0.15) is 6.54 Å². The number of halogens is 1. The molecule has 0 spiro atoms. The molecule has 0 saturated carbocycles. The lowest BCUT2D eigenvalue weighted by atomic mass is 10.1. The van der Waals surface area contributed by atoms with Crippen LogP contribution < -0.4 is 9.62 Å². The van der Waals surface area contributed by atoms with Gasteiger partial charge in [-0.3, -0.25) is 14.0 Å². The highest BCUT2D eigenvalue weighted by molar-refractivity contribution is 7.92. The summed E-state index contributed by atoms with van der Waals surface area (Å²) in [6.45, 7) is 7.02. The Morgan fingerprint density at radius 3 is 2.33 bits per heavy atom. The number of nitrogens with one attached hydrogen (secondary N) is 1. The second-order valence-corrected chi connectivity index (χ2v) is 11.6. The number of carbonyl (C=O) groups is 1. The summed E-state index contributed by atoms with van der Waals surface area (Å²) in [5.74, 6) is -0.379. The largest absolute Gasteiger partial charge is 0.350 e. The normalized spacial score (nSPS) is 14.1. The number of benzene rings is 3. The summed E-state index contributed by atoms with van der Waals surface area (Å²) in [5, 5.41) is 3.34. The van der Waals surface area contributed by atoms with Gasteiger partial charge >= 0.3 is 0 Å². The molecule has 0 bridgehead atoms. The van der Waals surface area contributed by atoms with E-state index in [1.807, 2.05) is 32.0 Å². The molecule has 0 radical (unpaired) electrons. The lowest BCUT2D eigenvalue weighted by molar-refractivity contribution is -0.119. The van der Waals surface area contributed by atoms with Crippen LogP contribution in [0, 0.1) is 13.8 Å². The summed E-state index contributed by atoms with van der Waals surface area (Å²) >= 11 is 5.96. The van der Waals surface area contributed by atoms with Gasteiger partial charge in [-0.25, -0.2) is 8.42 Å². The zero-order valence-corrected chi connectivity index (χ0v) is 22.3. The van der Waals surface area contributed by atoms with Crippen molar-refractivity contribution in [3.63, 3.8) is 0 Å². The van der Waals surface area contributed by atoms with Crippen molar-refractivity contribution in [2.24, 2.45) is 0 Å². The van der Waals surface area contributed by atoms with Gasteiger partial charge in [0.15, 0.2) is 0 Å². The van der Waals surface area contributed by atoms with E-state index in [2.05, 4.69) is 22.3 Å². The van der Waals surface area contributed by atoms with Crippen molar-refractivity contribution in [3.05, 3.63) is 94.0 Å². The summed E-state index contributed by atoms with van der Waals surface area (Å²) in [6, 6.07) is 19.5. The van der Waals surface area contributed by atoms with Crippen LogP contribution in [0.4, 0.5) is 5.69 Å². The molecule has 1 amide bonds. The number of rotatable bonds is 9. The molecule has 6 nitrogen and oxygen atoms in total. The first kappa shape index (κ1) is 26.2. The number of carbonyl (C=O) groups excluding carboxylic acids is 1. The average molecular weight is 526 g/mol. The quantitative estimate of drug-likeness (QED) is 0.424. The monoisotopic (exact) mass is 525 g/mol. The fourth-order valence-corrected chi connectivity index (χ4v) is 5.89. The number of aryl methyl sites for hydroxylation is 2. The van der Waals surface area contributed by atoms with E-state index in [-0.39, 0.29) is 17.3 Å². The maximum absolute atomic E-state index is 13.6. The summed E-state index contributed by atoms with van der Waals surface area (Å²) in [4.78, 5) is 15.5. The molecule has 1 fully saturated rings. The molecule has 1 heterocycles. The minimum Gasteiger partial charge on any atom is -0.350 e. The van der Waals surface area contributed by atoms with Gasteiger partial charge < -0.3 is 5.32 Å². The van der Waals surface area contributed by atoms with Crippen LogP contribution >= 0.6 is 11.6 Å². The second kappa shape index (κ2) is 11.5. The van der Waals surface area contributed by atoms with E-state index in [4.69, 9.17) is 11.6 Å². The molecule has 0 atom stereocenters. The molecule has 1 N–H and O–H groups in total. The van der Waals surface area contributed by atoms with Crippen LogP contribution in [0.5, 0.6) is 0 Å². The van der Waals surface area contributed by atoms with Gasteiger partial charge in [0.05, 0.1) is 10.6 Å². The Morgan fingerprint density at radius 1 is 0.944 bits per heavy atom. The number of sulfonamides is 1. The maximum Gasteiger partial charge on any atom is 0.264 e. The zero-order chi connectivity index (χ0) is 25.7. The topological polar surface area (TPSA) is 69.7 Å². The van der Waals surface area contributed by atoms with Crippen LogP contribution in [0.1, 0.15) is 35.1 Å². The number of amides is 1. The predicted molar refractivity (Wildman–Crippen MR) is 145 cm³/mol. The first-order valence-electron chi connectivity index (χ1n) is 12.1. The highest BCUT2D eigenvalue weighted by atomic mass is 35.5. The number of likely N-dealkylation sites (tertiary alicyclic amines) is 1. The van der Waals surface area contributed by atoms with Gasteiger partial charge in [-0.15, -0.1) is 0 Å². The van der Waals surface area contributed by atoms with Gasteiger partial charge in [-0.1, -0.05) is 41.9 Å². The molecule has 1 saturated heterocycles. The van der Waals surface area contributed by atoms with Crippen molar-refractivity contribution < 1.29 is 13.2 Å².